The molecule has 0 heterocycles. The topological polar surface area (TPSA) is 38.0 Å². The number of nitrogens with two attached hydrogens (primary N) is 1. The van der Waals surface area contributed by atoms with Crippen LogP contribution in [0, 0.1) is 3.57 Å². The van der Waals surface area contributed by atoms with Gasteiger partial charge in [-0.1, -0.05) is 41.4 Å². The average Bonchev–Trinajstić information content (AvgIpc) is 2.39. The zero-order valence-corrected chi connectivity index (χ0v) is 13.7. The molecule has 5 heteroatoms. The molecular weight excluding hydrogens is 394 g/mol. The zero-order valence-electron chi connectivity index (χ0n) is 10.0. The van der Waals surface area contributed by atoms with E-state index in [9.17, 15) is 0 Å². The van der Waals surface area contributed by atoms with Crippen molar-refractivity contribution < 1.29 is 0 Å². The Morgan fingerprint density at radius 2 is 1.95 bits per heavy atom. The van der Waals surface area contributed by atoms with E-state index < -0.39 is 0 Å². The number of hydrogen-bond donors (Lipinski definition) is 2. The molecule has 1 atom stereocenters. The van der Waals surface area contributed by atoms with Crippen LogP contribution in [0.5, 0.6) is 0 Å². The third-order valence-electron chi connectivity index (χ3n) is 2.88. The highest BCUT2D eigenvalue weighted by atomic mass is 127. The molecule has 0 spiro atoms. The van der Waals surface area contributed by atoms with Gasteiger partial charge >= 0.3 is 0 Å². The molecule has 0 saturated carbocycles. The van der Waals surface area contributed by atoms with Crippen LogP contribution in [0.15, 0.2) is 42.5 Å². The van der Waals surface area contributed by atoms with Crippen molar-refractivity contribution in [3.05, 3.63) is 67.2 Å². The van der Waals surface area contributed by atoms with E-state index in [1.54, 1.807) is 0 Å². The lowest BCUT2D eigenvalue weighted by Crippen LogP contribution is -2.29. The van der Waals surface area contributed by atoms with Crippen LogP contribution in [-0.4, -0.2) is 0 Å². The Labute approximate surface area is 136 Å². The maximum Gasteiger partial charge on any atom is 0.0542 e. The van der Waals surface area contributed by atoms with E-state index in [0.717, 1.165) is 31.2 Å². The van der Waals surface area contributed by atoms with E-state index in [-0.39, 0.29) is 6.04 Å². The highest BCUT2D eigenvalue weighted by Gasteiger charge is 2.12. The lowest BCUT2D eigenvalue weighted by molar-refractivity contribution is 0.552. The highest BCUT2D eigenvalue weighted by molar-refractivity contribution is 14.1. The van der Waals surface area contributed by atoms with E-state index in [4.69, 9.17) is 29.0 Å². The van der Waals surface area contributed by atoms with Crippen molar-refractivity contribution in [1.82, 2.24) is 5.43 Å². The fourth-order valence-corrected chi connectivity index (χ4v) is 2.64. The molecule has 0 aliphatic heterocycles. The van der Waals surface area contributed by atoms with Gasteiger partial charge in [0.25, 0.3) is 0 Å². The molecule has 2 aromatic rings. The first kappa shape index (κ1) is 15.1. The number of hydrazine groups is 1. The van der Waals surface area contributed by atoms with Gasteiger partial charge in [-0.15, -0.1) is 0 Å². The first-order chi connectivity index (χ1) is 9.10. The van der Waals surface area contributed by atoms with Gasteiger partial charge in [0.2, 0.25) is 0 Å². The second-order valence-corrected chi connectivity index (χ2v) is 6.23. The lowest BCUT2D eigenvalue weighted by Gasteiger charge is -2.17. The van der Waals surface area contributed by atoms with Crippen LogP contribution in [0.4, 0.5) is 0 Å². The minimum absolute atomic E-state index is 0.00738. The van der Waals surface area contributed by atoms with Crippen molar-refractivity contribution >= 4 is 45.8 Å². The molecule has 0 aliphatic carbocycles. The SMILES string of the molecule is NNC(Cc1cccc(Cl)c1)c1ccc(I)c(Cl)c1. The Hall–Kier alpha value is -0.330. The largest absolute Gasteiger partial charge is 0.271 e. The van der Waals surface area contributed by atoms with E-state index in [2.05, 4.69) is 28.0 Å². The predicted octanol–water partition coefficient (Wildman–Crippen LogP) is 4.35. The van der Waals surface area contributed by atoms with Crippen LogP contribution < -0.4 is 11.3 Å². The normalized spacial score (nSPS) is 12.4. The quantitative estimate of drug-likeness (QED) is 0.450. The Balaban J connectivity index is 2.22. The Morgan fingerprint density at radius 1 is 1.16 bits per heavy atom. The van der Waals surface area contributed by atoms with Crippen LogP contribution >= 0.6 is 45.8 Å². The molecule has 0 aromatic heterocycles. The van der Waals surface area contributed by atoms with Crippen LogP contribution in [-0.2, 0) is 6.42 Å². The monoisotopic (exact) mass is 406 g/mol. The summed E-state index contributed by atoms with van der Waals surface area (Å²) in [5, 5.41) is 1.47. The third kappa shape index (κ3) is 4.07. The summed E-state index contributed by atoms with van der Waals surface area (Å²) < 4.78 is 1.03. The van der Waals surface area contributed by atoms with Gasteiger partial charge in [-0.2, -0.15) is 0 Å². The molecule has 3 N–H and O–H groups in total. The van der Waals surface area contributed by atoms with Gasteiger partial charge in [0.05, 0.1) is 11.1 Å². The zero-order chi connectivity index (χ0) is 13.8. The summed E-state index contributed by atoms with van der Waals surface area (Å²) in [5.74, 6) is 5.65. The third-order valence-corrected chi connectivity index (χ3v) is 4.68. The van der Waals surface area contributed by atoms with E-state index >= 15 is 0 Å². The molecule has 2 nitrogen and oxygen atoms in total. The first-order valence-corrected chi connectivity index (χ1v) is 7.59. The van der Waals surface area contributed by atoms with Crippen LogP contribution in [0.2, 0.25) is 10.0 Å². The summed E-state index contributed by atoms with van der Waals surface area (Å²) in [6.45, 7) is 0. The van der Waals surface area contributed by atoms with Crippen molar-refractivity contribution in [1.29, 1.82) is 0 Å². The number of benzene rings is 2. The second kappa shape index (κ2) is 6.90. The fourth-order valence-electron chi connectivity index (χ4n) is 1.90. The Bertz CT molecular complexity index is 575. The number of rotatable bonds is 4. The maximum absolute atomic E-state index is 6.15. The number of halogens is 3. The molecule has 1 unspecified atom stereocenters. The molecule has 0 bridgehead atoms. The maximum atomic E-state index is 6.15. The Morgan fingerprint density at radius 3 is 2.58 bits per heavy atom. The highest BCUT2D eigenvalue weighted by Crippen LogP contribution is 2.25. The summed E-state index contributed by atoms with van der Waals surface area (Å²) >= 11 is 14.3. The van der Waals surface area contributed by atoms with E-state index in [0.29, 0.717) is 0 Å². The van der Waals surface area contributed by atoms with Crippen molar-refractivity contribution in [3.63, 3.8) is 0 Å². The molecule has 2 aromatic carbocycles. The molecule has 19 heavy (non-hydrogen) atoms. The standard InChI is InChI=1S/C14H13Cl2IN2/c15-11-3-1-2-9(6-11)7-14(19-18)10-4-5-13(17)12(16)8-10/h1-6,8,14,19H,7,18H2. The molecule has 0 fully saturated rings. The molecule has 0 aliphatic rings. The van der Waals surface area contributed by atoms with E-state index in [1.807, 2.05) is 42.5 Å². The van der Waals surface area contributed by atoms with Crippen LogP contribution in [0.1, 0.15) is 17.2 Å². The van der Waals surface area contributed by atoms with Gasteiger partial charge in [-0.25, -0.2) is 0 Å². The molecule has 0 amide bonds. The predicted molar refractivity (Wildman–Crippen MR) is 89.4 cm³/mol. The van der Waals surface area contributed by atoms with Crippen molar-refractivity contribution in [2.75, 3.05) is 0 Å². The molecule has 0 saturated heterocycles. The average molecular weight is 407 g/mol. The molecular formula is C14H13Cl2IN2. The lowest BCUT2D eigenvalue weighted by atomic mass is 9.99. The minimum atomic E-state index is 0.00738. The van der Waals surface area contributed by atoms with Gasteiger partial charge in [0.15, 0.2) is 0 Å². The number of hydrogen-bond acceptors (Lipinski definition) is 2. The summed E-state index contributed by atoms with van der Waals surface area (Å²) in [4.78, 5) is 0. The van der Waals surface area contributed by atoms with Crippen molar-refractivity contribution in [3.8, 4) is 0 Å². The summed E-state index contributed by atoms with van der Waals surface area (Å²) in [5.41, 5.74) is 5.02. The fraction of sp³-hybridized carbons (Fsp3) is 0.143. The van der Waals surface area contributed by atoms with Gasteiger partial charge in [-0.3, -0.25) is 11.3 Å². The van der Waals surface area contributed by atoms with Crippen molar-refractivity contribution in [2.45, 2.75) is 12.5 Å². The van der Waals surface area contributed by atoms with Crippen LogP contribution in [0.3, 0.4) is 0 Å². The first-order valence-electron chi connectivity index (χ1n) is 5.75. The summed E-state index contributed by atoms with van der Waals surface area (Å²) in [6, 6.07) is 13.7. The van der Waals surface area contributed by atoms with Crippen LogP contribution in [0.25, 0.3) is 0 Å². The number of nitrogens with one attached hydrogen (secondary N) is 1. The summed E-state index contributed by atoms with van der Waals surface area (Å²) in [7, 11) is 0. The van der Waals surface area contributed by atoms with E-state index in [1.165, 1.54) is 0 Å². The van der Waals surface area contributed by atoms with Gasteiger partial charge in [0.1, 0.15) is 0 Å². The molecule has 2 rings (SSSR count). The van der Waals surface area contributed by atoms with Gasteiger partial charge < -0.3 is 0 Å². The van der Waals surface area contributed by atoms with Gasteiger partial charge in [-0.05, 0) is 64.4 Å². The smallest absolute Gasteiger partial charge is 0.0542 e. The molecule has 100 valence electrons. The van der Waals surface area contributed by atoms with Crippen molar-refractivity contribution in [2.24, 2.45) is 5.84 Å². The minimum Gasteiger partial charge on any atom is -0.271 e. The Kier molecular flexibility index (Phi) is 5.47. The summed E-state index contributed by atoms with van der Waals surface area (Å²) in [6.07, 6.45) is 0.758. The van der Waals surface area contributed by atoms with Gasteiger partial charge in [0, 0.05) is 8.59 Å². The second-order valence-electron chi connectivity index (χ2n) is 4.23. The molecule has 0 radical (unpaired) electrons.